The van der Waals surface area contributed by atoms with Crippen LogP contribution in [0.5, 0.6) is 5.75 Å². The van der Waals surface area contributed by atoms with Crippen molar-refractivity contribution in [1.29, 1.82) is 0 Å². The number of aromatic nitrogens is 1. The first-order valence-electron chi connectivity index (χ1n) is 25.4. The second-order valence-corrected chi connectivity index (χ2v) is 22.3. The van der Waals surface area contributed by atoms with Crippen LogP contribution in [-0.4, -0.2) is 10.7 Å². The summed E-state index contributed by atoms with van der Waals surface area (Å²) < 4.78 is 8.46. The van der Waals surface area contributed by atoms with E-state index in [0.717, 1.165) is 46.0 Å². The average Bonchev–Trinajstić information content (AvgIpc) is 3.66. The minimum absolute atomic E-state index is 0.108. The maximum atomic E-state index is 6.06. The van der Waals surface area contributed by atoms with Gasteiger partial charge in [-0.1, -0.05) is 172 Å². The molecule has 0 N–H and O–H groups in total. The predicted molar refractivity (Wildman–Crippen MR) is 304 cm³/mol. The van der Waals surface area contributed by atoms with Gasteiger partial charge >= 0.3 is 0 Å². The van der Waals surface area contributed by atoms with Gasteiger partial charge in [0.1, 0.15) is 5.75 Å². The molecule has 0 aliphatic carbocycles. The summed E-state index contributed by atoms with van der Waals surface area (Å²) >= 11 is 0. The number of benzene rings is 7. The van der Waals surface area contributed by atoms with Crippen LogP contribution in [0.15, 0.2) is 200 Å². The Kier molecular flexibility index (Phi) is 14.6. The lowest BCUT2D eigenvalue weighted by Gasteiger charge is -2.36. The molecule has 0 fully saturated rings. The first kappa shape index (κ1) is 49.6. The molecule has 0 spiro atoms. The van der Waals surface area contributed by atoms with E-state index in [1.54, 1.807) is 0 Å². The van der Waals surface area contributed by atoms with Crippen LogP contribution < -0.4 is 9.64 Å². The molecule has 0 radical (unpaired) electrons. The lowest BCUT2D eigenvalue weighted by Crippen LogP contribution is -2.23. The molecule has 0 aliphatic rings. The summed E-state index contributed by atoms with van der Waals surface area (Å²) in [6.07, 6.45) is 7.60. The Balaban J connectivity index is 1.22. The summed E-state index contributed by atoms with van der Waals surface area (Å²) in [5, 5.41) is 2.44. The van der Waals surface area contributed by atoms with Crippen LogP contribution in [0.1, 0.15) is 101 Å². The van der Waals surface area contributed by atoms with Crippen molar-refractivity contribution in [2.45, 2.75) is 102 Å². The van der Waals surface area contributed by atoms with Crippen LogP contribution in [0.25, 0.3) is 60.9 Å². The Hall–Kier alpha value is -6.84. The number of hydrogen-bond donors (Lipinski definition) is 0. The Labute approximate surface area is 419 Å². The molecule has 8 aromatic rings. The normalized spacial score (nSPS) is 13.6. The summed E-state index contributed by atoms with van der Waals surface area (Å²) in [6.45, 7) is 31.6. The molecule has 70 heavy (non-hydrogen) atoms. The van der Waals surface area contributed by atoms with Crippen LogP contribution in [0.3, 0.4) is 0 Å². The van der Waals surface area contributed by atoms with Gasteiger partial charge in [0.2, 0.25) is 0 Å². The second-order valence-electron chi connectivity index (χ2n) is 22.3. The third-order valence-electron chi connectivity index (χ3n) is 14.1. The highest BCUT2D eigenvalue weighted by Crippen LogP contribution is 2.44. The minimum atomic E-state index is 0.108. The maximum absolute atomic E-state index is 6.06. The van der Waals surface area contributed by atoms with E-state index in [4.69, 9.17) is 4.74 Å². The molecule has 2 atom stereocenters. The van der Waals surface area contributed by atoms with Gasteiger partial charge in [0.05, 0.1) is 17.1 Å². The number of fused-ring (bicyclic) bond motifs is 3. The quantitative estimate of drug-likeness (QED) is 0.0954. The SMILES string of the molecule is C=C/C=C(\C=C(\C)C(C)C(C)C)N(c1ccc(-c2ccccc2)cc1)c1ccc(-c2ccc3c(c2)c2cc(-c4ccc(C(CC(C)(C)C)C(C)(C)C)cc4)ccc2n3-c2ccc(OC(C)C)cc2)cc1. The molecule has 0 amide bonds. The van der Waals surface area contributed by atoms with Crippen molar-refractivity contribution in [3.8, 4) is 44.8 Å². The van der Waals surface area contributed by atoms with Gasteiger partial charge in [-0.05, 0) is 180 Å². The monoisotopic (exact) mass is 923 g/mol. The molecular weight excluding hydrogens is 849 g/mol. The Morgan fingerprint density at radius 2 is 1.06 bits per heavy atom. The minimum Gasteiger partial charge on any atom is -0.491 e. The van der Waals surface area contributed by atoms with Crippen molar-refractivity contribution >= 4 is 33.2 Å². The van der Waals surface area contributed by atoms with Gasteiger partial charge in [0.25, 0.3) is 0 Å². The molecule has 0 saturated carbocycles. The highest BCUT2D eigenvalue weighted by Gasteiger charge is 2.30. The van der Waals surface area contributed by atoms with E-state index >= 15 is 0 Å². The Morgan fingerprint density at radius 3 is 1.51 bits per heavy atom. The van der Waals surface area contributed by atoms with E-state index in [2.05, 4.69) is 275 Å². The van der Waals surface area contributed by atoms with Gasteiger partial charge in [0.15, 0.2) is 0 Å². The van der Waals surface area contributed by atoms with Crippen molar-refractivity contribution in [3.63, 3.8) is 0 Å². The number of nitrogens with zero attached hydrogens (tertiary/aromatic N) is 2. The van der Waals surface area contributed by atoms with Crippen molar-refractivity contribution in [3.05, 3.63) is 205 Å². The van der Waals surface area contributed by atoms with Gasteiger partial charge in [-0.25, -0.2) is 0 Å². The molecule has 0 bridgehead atoms. The first-order chi connectivity index (χ1) is 33.4. The van der Waals surface area contributed by atoms with E-state index in [-0.39, 0.29) is 16.9 Å². The molecule has 1 heterocycles. The smallest absolute Gasteiger partial charge is 0.119 e. The van der Waals surface area contributed by atoms with Gasteiger partial charge in [-0.15, -0.1) is 0 Å². The number of anilines is 2. The van der Waals surface area contributed by atoms with Crippen molar-refractivity contribution in [2.75, 3.05) is 4.90 Å². The Morgan fingerprint density at radius 1 is 0.586 bits per heavy atom. The summed E-state index contributed by atoms with van der Waals surface area (Å²) in [5.74, 6) is 2.29. The van der Waals surface area contributed by atoms with Gasteiger partial charge in [-0.2, -0.15) is 0 Å². The fourth-order valence-corrected chi connectivity index (χ4v) is 9.93. The van der Waals surface area contributed by atoms with E-state index in [1.165, 1.54) is 55.2 Å². The zero-order valence-electron chi connectivity index (χ0n) is 43.8. The number of ether oxygens (including phenoxy) is 1. The molecule has 2 unspecified atom stereocenters. The zero-order valence-corrected chi connectivity index (χ0v) is 43.8. The van der Waals surface area contributed by atoms with Gasteiger partial charge < -0.3 is 14.2 Å². The summed E-state index contributed by atoms with van der Waals surface area (Å²) in [7, 11) is 0. The molecule has 0 saturated heterocycles. The fraction of sp³-hybridized carbons (Fsp3) is 0.284. The lowest BCUT2D eigenvalue weighted by molar-refractivity contribution is 0.229. The molecule has 8 rings (SSSR count). The molecular formula is C67H74N2O. The molecule has 358 valence electrons. The van der Waals surface area contributed by atoms with E-state index in [0.29, 0.717) is 17.8 Å². The number of allylic oxidation sites excluding steroid dienone is 4. The summed E-state index contributed by atoms with van der Waals surface area (Å²) in [5.41, 5.74) is 17.0. The van der Waals surface area contributed by atoms with Gasteiger partial charge in [0, 0.05) is 33.5 Å². The third kappa shape index (κ3) is 11.1. The lowest BCUT2D eigenvalue weighted by atomic mass is 9.69. The standard InChI is InChI=1S/C67H74N2O/c1-14-18-59(41-47(6)48(7)45(2)3)68(56-31-25-50(26-32-56)49-19-16-15-17-20-49)57-33-27-52(28-34-57)55-30-40-65-62(43-55)61-42-54(29-39-64(61)69(65)58-35-37-60(38-36-58)70-46(4)5)51-21-23-53(24-22-51)63(67(11,12)13)44-66(8,9)10/h14-43,45-46,48,63H,1,44H2,2-13H3/b47-41-,59-18+. The van der Waals surface area contributed by atoms with Gasteiger partial charge in [-0.3, -0.25) is 0 Å². The van der Waals surface area contributed by atoms with Crippen molar-refractivity contribution in [2.24, 2.45) is 22.7 Å². The van der Waals surface area contributed by atoms with Crippen LogP contribution in [-0.2, 0) is 0 Å². The van der Waals surface area contributed by atoms with Crippen molar-refractivity contribution in [1.82, 2.24) is 4.57 Å². The van der Waals surface area contributed by atoms with Crippen LogP contribution in [0, 0.1) is 22.7 Å². The molecule has 7 aromatic carbocycles. The largest absolute Gasteiger partial charge is 0.491 e. The molecule has 3 nitrogen and oxygen atoms in total. The predicted octanol–water partition coefficient (Wildman–Crippen LogP) is 19.6. The van der Waals surface area contributed by atoms with Crippen LogP contribution in [0.2, 0.25) is 0 Å². The third-order valence-corrected chi connectivity index (χ3v) is 14.1. The topological polar surface area (TPSA) is 17.4 Å². The second kappa shape index (κ2) is 20.6. The molecule has 1 aromatic heterocycles. The zero-order chi connectivity index (χ0) is 49.9. The average molecular weight is 923 g/mol. The molecule has 3 heteroatoms. The highest BCUT2D eigenvalue weighted by atomic mass is 16.5. The van der Waals surface area contributed by atoms with Crippen LogP contribution >= 0.6 is 0 Å². The maximum Gasteiger partial charge on any atom is 0.119 e. The summed E-state index contributed by atoms with van der Waals surface area (Å²) in [4.78, 5) is 2.35. The van der Waals surface area contributed by atoms with E-state index in [1.807, 2.05) is 6.08 Å². The van der Waals surface area contributed by atoms with Crippen molar-refractivity contribution < 1.29 is 4.74 Å². The van der Waals surface area contributed by atoms with Crippen LogP contribution in [0.4, 0.5) is 11.4 Å². The Bertz CT molecular complexity index is 3110. The number of rotatable bonds is 15. The summed E-state index contributed by atoms with van der Waals surface area (Å²) in [6, 6.07) is 60.4. The highest BCUT2D eigenvalue weighted by molar-refractivity contribution is 6.11. The first-order valence-corrected chi connectivity index (χ1v) is 25.4. The van der Waals surface area contributed by atoms with E-state index < -0.39 is 0 Å². The number of hydrogen-bond acceptors (Lipinski definition) is 2. The van der Waals surface area contributed by atoms with E-state index in [9.17, 15) is 0 Å². The molecule has 0 aliphatic heterocycles. The fourth-order valence-electron chi connectivity index (χ4n) is 9.93.